The number of carbonyl (C=O) groups is 1. The number of hydrogen-bond donors (Lipinski definition) is 1. The van der Waals surface area contributed by atoms with Gasteiger partial charge in [0.1, 0.15) is 0 Å². The Morgan fingerprint density at radius 3 is 2.84 bits per heavy atom. The fraction of sp³-hybridized carbons (Fsp3) is 0.458. The topological polar surface area (TPSA) is 70.2 Å². The number of azo groups is 1. The van der Waals surface area contributed by atoms with E-state index in [2.05, 4.69) is 51.8 Å². The van der Waals surface area contributed by atoms with E-state index >= 15 is 0 Å². The van der Waals surface area contributed by atoms with Gasteiger partial charge in [-0.05, 0) is 59.7 Å². The first-order chi connectivity index (χ1) is 15.1. The lowest BCUT2D eigenvalue weighted by atomic mass is 9.65. The van der Waals surface area contributed by atoms with Crippen molar-refractivity contribution in [2.75, 3.05) is 6.54 Å². The number of nitrogens with zero attached hydrogens (tertiary/aromatic N) is 4. The van der Waals surface area contributed by atoms with Crippen LogP contribution in [0.1, 0.15) is 49.7 Å². The summed E-state index contributed by atoms with van der Waals surface area (Å²) in [4.78, 5) is 15.4. The van der Waals surface area contributed by atoms with Crippen LogP contribution in [0.15, 0.2) is 50.4 Å². The Balaban J connectivity index is 1.50. The van der Waals surface area contributed by atoms with Gasteiger partial charge in [-0.2, -0.15) is 0 Å². The Morgan fingerprint density at radius 2 is 2.09 bits per heavy atom. The summed E-state index contributed by atoms with van der Waals surface area (Å²) >= 11 is 4.84. The van der Waals surface area contributed by atoms with Gasteiger partial charge in [0.2, 0.25) is 5.88 Å². The van der Waals surface area contributed by atoms with E-state index in [4.69, 9.17) is 0 Å². The normalized spacial score (nSPS) is 25.2. The zero-order valence-corrected chi connectivity index (χ0v) is 20.9. The van der Waals surface area contributed by atoms with Gasteiger partial charge in [0, 0.05) is 22.4 Å². The number of amides is 1. The number of rotatable bonds is 4. The van der Waals surface area contributed by atoms with Gasteiger partial charge in [0.15, 0.2) is 5.69 Å². The molecule has 5 rings (SSSR count). The van der Waals surface area contributed by atoms with Gasteiger partial charge in [-0.3, -0.25) is 14.3 Å². The average Bonchev–Trinajstić information content (AvgIpc) is 3.37. The first-order valence-electron chi connectivity index (χ1n) is 10.9. The molecule has 0 unspecified atom stereocenters. The molecule has 1 saturated heterocycles. The summed E-state index contributed by atoms with van der Waals surface area (Å²) in [6, 6.07) is 9.89. The minimum absolute atomic E-state index is 0.0479. The second-order valence-electron chi connectivity index (χ2n) is 10.3. The molecule has 8 heteroatoms. The highest BCUT2D eigenvalue weighted by Crippen LogP contribution is 2.53. The van der Waals surface area contributed by atoms with E-state index in [9.17, 15) is 9.90 Å². The number of thiophene rings is 1. The molecular formula is C24H27BrN4O2S. The fourth-order valence-electron chi connectivity index (χ4n) is 6.01. The van der Waals surface area contributed by atoms with Crippen molar-refractivity contribution in [3.05, 3.63) is 45.1 Å². The number of aromatic hydroxyl groups is 1. The zero-order chi connectivity index (χ0) is 22.7. The third kappa shape index (κ3) is 3.93. The molecule has 2 atom stereocenters. The monoisotopic (exact) mass is 514 g/mol. The van der Waals surface area contributed by atoms with E-state index in [-0.39, 0.29) is 5.88 Å². The predicted octanol–water partition coefficient (Wildman–Crippen LogP) is 6.95. The fourth-order valence-corrected chi connectivity index (χ4v) is 6.97. The highest BCUT2D eigenvalue weighted by molar-refractivity contribution is 9.10. The highest BCUT2D eigenvalue weighted by Gasteiger charge is 2.49. The van der Waals surface area contributed by atoms with Gasteiger partial charge in [-0.25, -0.2) is 0 Å². The molecule has 1 aromatic carbocycles. The van der Waals surface area contributed by atoms with Crippen molar-refractivity contribution in [3.8, 4) is 5.88 Å². The number of aromatic nitrogens is 1. The predicted molar refractivity (Wildman–Crippen MR) is 131 cm³/mol. The maximum atomic E-state index is 12.3. The largest absolute Gasteiger partial charge is 0.493 e. The van der Waals surface area contributed by atoms with E-state index in [0.717, 1.165) is 28.3 Å². The maximum absolute atomic E-state index is 12.3. The zero-order valence-electron chi connectivity index (χ0n) is 18.5. The minimum atomic E-state index is -0.404. The molecule has 1 saturated carbocycles. The Bertz CT molecular complexity index is 1220. The quantitative estimate of drug-likeness (QED) is 0.382. The molecular weight excluding hydrogens is 488 g/mol. The first kappa shape index (κ1) is 21.8. The Labute approximate surface area is 200 Å². The molecule has 2 bridgehead atoms. The van der Waals surface area contributed by atoms with Crippen LogP contribution in [0.5, 0.6) is 5.88 Å². The second-order valence-corrected chi connectivity index (χ2v) is 12.2. The van der Waals surface area contributed by atoms with Crippen LogP contribution >= 0.6 is 27.3 Å². The van der Waals surface area contributed by atoms with Crippen LogP contribution in [0.3, 0.4) is 0 Å². The molecule has 2 aliphatic rings. The third-order valence-corrected chi connectivity index (χ3v) is 8.14. The van der Waals surface area contributed by atoms with E-state index < -0.39 is 5.91 Å². The standard InChI is InChI=1S/C24H27BrN4O2S/c1-23(2)10-16-11-24(3,12-23)13-28(16)14-29-18-7-6-15(25)9-17(18)20(22(29)31)26-27-21(30)19-5-4-8-32-19/h4-9,16,31H,10-14H2,1-3H3/t16-,24+/m0/s1. The Hall–Kier alpha value is -2.03. The van der Waals surface area contributed by atoms with Crippen LogP contribution in [-0.2, 0) is 6.67 Å². The number of carbonyl (C=O) groups excluding carboxylic acids is 1. The lowest BCUT2D eigenvalue weighted by Crippen LogP contribution is -2.35. The second kappa shape index (κ2) is 7.78. The number of likely N-dealkylation sites (tertiary alicyclic amines) is 1. The molecule has 0 radical (unpaired) electrons. The van der Waals surface area contributed by atoms with Gasteiger partial charge in [-0.15, -0.1) is 21.6 Å². The highest BCUT2D eigenvalue weighted by atomic mass is 79.9. The van der Waals surface area contributed by atoms with Crippen molar-refractivity contribution < 1.29 is 9.90 Å². The lowest BCUT2D eigenvalue weighted by Gasteiger charge is -2.40. The third-order valence-electron chi connectivity index (χ3n) is 6.79. The van der Waals surface area contributed by atoms with Gasteiger partial charge < -0.3 is 5.11 Å². The number of halogens is 1. The molecule has 168 valence electrons. The molecule has 0 spiro atoms. The molecule has 32 heavy (non-hydrogen) atoms. The van der Waals surface area contributed by atoms with Gasteiger partial charge in [-0.1, -0.05) is 42.8 Å². The SMILES string of the molecule is CC1(C)C[C@H]2C[C@@](C)(CN2Cn2c(O)c(N=NC(=O)c3cccs3)c3cc(Br)ccc32)C1. The average molecular weight is 515 g/mol. The van der Waals surface area contributed by atoms with Gasteiger partial charge >= 0.3 is 5.91 Å². The molecule has 6 nitrogen and oxygen atoms in total. The Morgan fingerprint density at radius 1 is 1.28 bits per heavy atom. The van der Waals surface area contributed by atoms with E-state index in [1.165, 1.54) is 24.2 Å². The summed E-state index contributed by atoms with van der Waals surface area (Å²) < 4.78 is 2.79. The van der Waals surface area contributed by atoms with Crippen molar-refractivity contribution in [1.82, 2.24) is 9.47 Å². The lowest BCUT2D eigenvalue weighted by molar-refractivity contribution is 0.0999. The summed E-state index contributed by atoms with van der Waals surface area (Å²) in [6.07, 6.45) is 3.59. The molecule has 2 fully saturated rings. The molecule has 1 aliphatic heterocycles. The number of benzene rings is 1. The summed E-state index contributed by atoms with van der Waals surface area (Å²) in [5.74, 6) is -0.356. The number of hydrogen-bond acceptors (Lipinski definition) is 5. The van der Waals surface area contributed by atoms with Gasteiger partial charge in [0.25, 0.3) is 0 Å². The Kier molecular flexibility index (Phi) is 5.30. The van der Waals surface area contributed by atoms with Crippen LogP contribution in [0.4, 0.5) is 5.69 Å². The molecule has 3 aromatic rings. The summed E-state index contributed by atoms with van der Waals surface area (Å²) in [5.41, 5.74) is 1.86. The van der Waals surface area contributed by atoms with E-state index in [1.54, 1.807) is 6.07 Å². The van der Waals surface area contributed by atoms with Crippen LogP contribution in [0, 0.1) is 10.8 Å². The van der Waals surface area contributed by atoms with Gasteiger partial charge in [0.05, 0.1) is 17.1 Å². The van der Waals surface area contributed by atoms with Crippen LogP contribution in [0.2, 0.25) is 0 Å². The molecule has 1 aliphatic carbocycles. The smallest absolute Gasteiger partial charge is 0.305 e. The molecule has 2 aromatic heterocycles. The number of fused-ring (bicyclic) bond motifs is 3. The van der Waals surface area contributed by atoms with Crippen molar-refractivity contribution in [2.45, 2.75) is 52.7 Å². The molecule has 1 N–H and O–H groups in total. The van der Waals surface area contributed by atoms with E-state index in [0.29, 0.717) is 34.1 Å². The molecule has 3 heterocycles. The van der Waals surface area contributed by atoms with Crippen LogP contribution < -0.4 is 0 Å². The maximum Gasteiger partial charge on any atom is 0.305 e. The summed E-state index contributed by atoms with van der Waals surface area (Å²) in [7, 11) is 0. The summed E-state index contributed by atoms with van der Waals surface area (Å²) in [5, 5.41) is 21.9. The van der Waals surface area contributed by atoms with Crippen molar-refractivity contribution in [1.29, 1.82) is 0 Å². The van der Waals surface area contributed by atoms with Crippen molar-refractivity contribution in [2.24, 2.45) is 21.1 Å². The van der Waals surface area contributed by atoms with Crippen molar-refractivity contribution in [3.63, 3.8) is 0 Å². The minimum Gasteiger partial charge on any atom is -0.493 e. The van der Waals surface area contributed by atoms with Crippen LogP contribution in [-0.4, -0.2) is 33.1 Å². The summed E-state index contributed by atoms with van der Waals surface area (Å²) in [6.45, 7) is 8.73. The van der Waals surface area contributed by atoms with Crippen LogP contribution in [0.25, 0.3) is 10.9 Å². The van der Waals surface area contributed by atoms with Crippen molar-refractivity contribution >= 4 is 49.8 Å². The first-order valence-corrected chi connectivity index (χ1v) is 12.6. The van der Waals surface area contributed by atoms with E-state index in [1.807, 2.05) is 34.2 Å². The molecule has 1 amide bonds.